The number of imidazole rings is 1. The van der Waals surface area contributed by atoms with Crippen molar-refractivity contribution in [3.63, 3.8) is 0 Å². The molecular formula is C6H9ClN2O2S. The first-order valence-electron chi connectivity index (χ1n) is 3.39. The lowest BCUT2D eigenvalue weighted by molar-refractivity contribution is 0.595. The van der Waals surface area contributed by atoms with E-state index in [1.54, 1.807) is 4.57 Å². The van der Waals surface area contributed by atoms with Crippen molar-refractivity contribution in [2.75, 3.05) is 0 Å². The van der Waals surface area contributed by atoms with Gasteiger partial charge in [0.2, 0.25) is 0 Å². The highest BCUT2D eigenvalue weighted by molar-refractivity contribution is 8.13. The van der Waals surface area contributed by atoms with Crippen LogP contribution in [0.25, 0.3) is 0 Å². The van der Waals surface area contributed by atoms with Crippen LogP contribution in [0.15, 0.2) is 17.6 Å². The molecule has 0 aliphatic carbocycles. The third-order valence-electron chi connectivity index (χ3n) is 1.42. The smallest absolute Gasteiger partial charge is 0.280 e. The fraction of sp³-hybridized carbons (Fsp3) is 0.500. The van der Waals surface area contributed by atoms with E-state index in [0.29, 0.717) is 0 Å². The molecule has 0 atom stereocenters. The zero-order valence-electron chi connectivity index (χ0n) is 6.73. The van der Waals surface area contributed by atoms with E-state index in [4.69, 9.17) is 10.7 Å². The van der Waals surface area contributed by atoms with Crippen molar-refractivity contribution in [3.8, 4) is 0 Å². The summed E-state index contributed by atoms with van der Waals surface area (Å²) in [6, 6.07) is 0.185. The molecule has 1 heterocycles. The molecule has 4 nitrogen and oxygen atoms in total. The van der Waals surface area contributed by atoms with Crippen LogP contribution in [0.3, 0.4) is 0 Å². The van der Waals surface area contributed by atoms with Crippen molar-refractivity contribution in [2.45, 2.75) is 24.9 Å². The number of nitrogens with zero attached hydrogens (tertiary/aromatic N) is 2. The van der Waals surface area contributed by atoms with E-state index in [0.717, 1.165) is 0 Å². The second-order valence-corrected chi connectivity index (χ2v) is 5.20. The Hall–Kier alpha value is -0.550. The normalized spacial score (nSPS) is 12.3. The van der Waals surface area contributed by atoms with Gasteiger partial charge in [0.05, 0.1) is 6.33 Å². The Balaban J connectivity index is 3.09. The van der Waals surface area contributed by atoms with Gasteiger partial charge in [-0.25, -0.2) is 13.4 Å². The summed E-state index contributed by atoms with van der Waals surface area (Å²) in [4.78, 5) is 3.65. The maximum absolute atomic E-state index is 10.8. The molecule has 0 amide bonds. The van der Waals surface area contributed by atoms with Crippen molar-refractivity contribution < 1.29 is 8.42 Å². The minimum atomic E-state index is -3.68. The highest BCUT2D eigenvalue weighted by Crippen LogP contribution is 2.13. The van der Waals surface area contributed by atoms with Crippen molar-refractivity contribution in [2.24, 2.45) is 0 Å². The summed E-state index contributed by atoms with van der Waals surface area (Å²) in [6.07, 6.45) is 2.85. The van der Waals surface area contributed by atoms with E-state index in [2.05, 4.69) is 4.98 Å². The van der Waals surface area contributed by atoms with Crippen LogP contribution in [-0.2, 0) is 9.05 Å². The summed E-state index contributed by atoms with van der Waals surface area (Å²) in [6.45, 7) is 3.85. The molecule has 0 aromatic carbocycles. The maximum atomic E-state index is 10.8. The van der Waals surface area contributed by atoms with E-state index in [9.17, 15) is 8.42 Å². The Kier molecular flexibility index (Phi) is 2.44. The molecule has 0 N–H and O–H groups in total. The fourth-order valence-corrected chi connectivity index (χ4v) is 1.39. The van der Waals surface area contributed by atoms with Gasteiger partial charge in [0, 0.05) is 22.9 Å². The second-order valence-electron chi connectivity index (χ2n) is 2.69. The molecule has 0 bridgehead atoms. The van der Waals surface area contributed by atoms with E-state index >= 15 is 0 Å². The van der Waals surface area contributed by atoms with E-state index in [-0.39, 0.29) is 11.1 Å². The minimum Gasteiger partial charge on any atom is -0.334 e. The van der Waals surface area contributed by atoms with Crippen molar-refractivity contribution >= 4 is 19.7 Å². The molecule has 0 radical (unpaired) electrons. The van der Waals surface area contributed by atoms with Crippen LogP contribution < -0.4 is 0 Å². The molecule has 0 saturated carbocycles. The zero-order valence-corrected chi connectivity index (χ0v) is 8.30. The molecule has 6 heteroatoms. The first-order valence-corrected chi connectivity index (χ1v) is 5.70. The van der Waals surface area contributed by atoms with Crippen molar-refractivity contribution in [1.29, 1.82) is 0 Å². The first-order chi connectivity index (χ1) is 5.41. The Morgan fingerprint density at radius 2 is 2.17 bits per heavy atom. The minimum absolute atomic E-state index is 0.0992. The number of hydrogen-bond donors (Lipinski definition) is 0. The van der Waals surface area contributed by atoms with E-state index in [1.807, 2.05) is 13.8 Å². The molecule has 0 saturated heterocycles. The van der Waals surface area contributed by atoms with Crippen molar-refractivity contribution in [1.82, 2.24) is 9.55 Å². The standard InChI is InChI=1S/C6H9ClN2O2S/c1-5(2)9-3-6(8-4-9)12(7,10)11/h3-5H,1-2H3. The molecule has 0 fully saturated rings. The molecule has 0 unspecified atom stereocenters. The predicted molar refractivity (Wildman–Crippen MR) is 45.7 cm³/mol. The molecular weight excluding hydrogens is 200 g/mol. The van der Waals surface area contributed by atoms with Gasteiger partial charge in [-0.15, -0.1) is 0 Å². The van der Waals surface area contributed by atoms with Crippen LogP contribution in [0.2, 0.25) is 0 Å². The van der Waals surface area contributed by atoms with Gasteiger partial charge >= 0.3 is 0 Å². The summed E-state index contributed by atoms with van der Waals surface area (Å²) in [5.41, 5.74) is 0. The molecule has 68 valence electrons. The third kappa shape index (κ3) is 1.98. The molecule has 0 aliphatic rings. The predicted octanol–water partition coefficient (Wildman–Crippen LogP) is 1.39. The lowest BCUT2D eigenvalue weighted by Crippen LogP contribution is -1.96. The Labute approximate surface area is 75.6 Å². The number of aromatic nitrogens is 2. The van der Waals surface area contributed by atoms with Gasteiger partial charge in [0.25, 0.3) is 9.05 Å². The van der Waals surface area contributed by atoms with Gasteiger partial charge in [-0.05, 0) is 13.8 Å². The Bertz CT molecular complexity index is 369. The highest BCUT2D eigenvalue weighted by atomic mass is 35.7. The van der Waals surface area contributed by atoms with Crippen LogP contribution in [-0.4, -0.2) is 18.0 Å². The third-order valence-corrected chi connectivity index (χ3v) is 2.61. The summed E-state index contributed by atoms with van der Waals surface area (Å²) in [5.74, 6) is 0. The Morgan fingerprint density at radius 1 is 1.58 bits per heavy atom. The van der Waals surface area contributed by atoms with Gasteiger partial charge in [-0.1, -0.05) is 0 Å². The van der Waals surface area contributed by atoms with E-state index in [1.165, 1.54) is 12.5 Å². The largest absolute Gasteiger partial charge is 0.334 e. The lowest BCUT2D eigenvalue weighted by atomic mass is 10.4. The maximum Gasteiger partial charge on any atom is 0.280 e. The monoisotopic (exact) mass is 208 g/mol. The summed E-state index contributed by atoms with van der Waals surface area (Å²) in [5, 5.41) is -0.0992. The topological polar surface area (TPSA) is 52.0 Å². The average Bonchev–Trinajstić information content (AvgIpc) is 2.30. The lowest BCUT2D eigenvalue weighted by Gasteiger charge is -2.03. The van der Waals surface area contributed by atoms with Crippen LogP contribution in [0.4, 0.5) is 0 Å². The fourth-order valence-electron chi connectivity index (χ4n) is 0.726. The second kappa shape index (κ2) is 3.06. The summed E-state index contributed by atoms with van der Waals surface area (Å²) < 4.78 is 23.2. The summed E-state index contributed by atoms with van der Waals surface area (Å²) >= 11 is 0. The quantitative estimate of drug-likeness (QED) is 0.691. The highest BCUT2D eigenvalue weighted by Gasteiger charge is 2.13. The summed E-state index contributed by atoms with van der Waals surface area (Å²) in [7, 11) is 1.40. The SMILES string of the molecule is CC(C)n1cnc(S(=O)(=O)Cl)c1. The number of rotatable bonds is 2. The number of hydrogen-bond acceptors (Lipinski definition) is 3. The molecule has 12 heavy (non-hydrogen) atoms. The first kappa shape index (κ1) is 9.54. The number of halogens is 1. The van der Waals surface area contributed by atoms with Crippen LogP contribution in [0, 0.1) is 0 Å². The Morgan fingerprint density at radius 3 is 2.42 bits per heavy atom. The van der Waals surface area contributed by atoms with Gasteiger partial charge in [-0.2, -0.15) is 0 Å². The van der Waals surface area contributed by atoms with Crippen molar-refractivity contribution in [3.05, 3.63) is 12.5 Å². The molecule has 0 aliphatic heterocycles. The van der Waals surface area contributed by atoms with Crippen LogP contribution >= 0.6 is 10.7 Å². The zero-order chi connectivity index (χ0) is 9.35. The molecule has 1 aromatic heterocycles. The molecule has 1 aromatic rings. The van der Waals surface area contributed by atoms with Gasteiger partial charge in [-0.3, -0.25) is 0 Å². The van der Waals surface area contributed by atoms with Gasteiger partial charge < -0.3 is 4.57 Å². The van der Waals surface area contributed by atoms with Crippen LogP contribution in [0.5, 0.6) is 0 Å². The average molecular weight is 209 g/mol. The molecule has 1 rings (SSSR count). The van der Waals surface area contributed by atoms with E-state index < -0.39 is 9.05 Å². The van der Waals surface area contributed by atoms with Gasteiger partial charge in [0.15, 0.2) is 5.03 Å². The molecule has 0 spiro atoms. The van der Waals surface area contributed by atoms with Crippen LogP contribution in [0.1, 0.15) is 19.9 Å². The van der Waals surface area contributed by atoms with Gasteiger partial charge in [0.1, 0.15) is 0 Å².